The number of thioether (sulfide) groups is 1. The van der Waals surface area contributed by atoms with Crippen LogP contribution in [0.5, 0.6) is 0 Å². The number of nitrogens with zero attached hydrogens (tertiary/aromatic N) is 1. The monoisotopic (exact) mass is 422 g/mol. The molecule has 0 fully saturated rings. The van der Waals surface area contributed by atoms with Crippen LogP contribution in [0.25, 0.3) is 10.9 Å². The zero-order valence-corrected chi connectivity index (χ0v) is 16.4. The average Bonchev–Trinajstić information content (AvgIpc) is 2.66. The van der Waals surface area contributed by atoms with E-state index >= 15 is 0 Å². The highest BCUT2D eigenvalue weighted by atomic mass is 32.2. The number of para-hydroxylation sites is 2. The lowest BCUT2D eigenvalue weighted by Gasteiger charge is -2.11. The molecule has 3 rings (SSSR count). The summed E-state index contributed by atoms with van der Waals surface area (Å²) in [4.78, 5) is 16.1. The lowest BCUT2D eigenvalue weighted by Crippen LogP contribution is -2.19. The number of amides is 1. The molecule has 0 bridgehead atoms. The predicted octanol–water partition coefficient (Wildman–Crippen LogP) is 4.27. The highest BCUT2D eigenvalue weighted by molar-refractivity contribution is 7.99. The van der Waals surface area contributed by atoms with Crippen LogP contribution in [-0.4, -0.2) is 30.8 Å². The number of aryl methyl sites for hydroxylation is 1. The summed E-state index contributed by atoms with van der Waals surface area (Å²) in [6.07, 6.45) is 0. The van der Waals surface area contributed by atoms with Crippen molar-refractivity contribution in [3.05, 3.63) is 60.2 Å². The van der Waals surface area contributed by atoms with Gasteiger partial charge in [-0.2, -0.15) is 8.78 Å². The Balaban J connectivity index is 1.74. The number of rotatable bonds is 6. The van der Waals surface area contributed by atoms with Gasteiger partial charge in [0.1, 0.15) is 0 Å². The number of hydrogen-bond acceptors (Lipinski definition) is 5. The normalized spacial score (nSPS) is 11.7. The Bertz CT molecular complexity index is 1130. The summed E-state index contributed by atoms with van der Waals surface area (Å²) in [7, 11) is -4.82. The van der Waals surface area contributed by atoms with E-state index in [0.29, 0.717) is 5.03 Å². The molecular formula is C19H16F2N2O3S2. The smallest absolute Gasteiger partial charge is 0.324 e. The summed E-state index contributed by atoms with van der Waals surface area (Å²) in [6.45, 7) is 1.94. The van der Waals surface area contributed by atoms with Crippen molar-refractivity contribution in [3.8, 4) is 0 Å². The van der Waals surface area contributed by atoms with E-state index < -0.39 is 26.4 Å². The lowest BCUT2D eigenvalue weighted by atomic mass is 10.1. The summed E-state index contributed by atoms with van der Waals surface area (Å²) < 4.78 is 49.2. The van der Waals surface area contributed by atoms with Gasteiger partial charge in [0, 0.05) is 5.39 Å². The number of hydrogen-bond donors (Lipinski definition) is 1. The lowest BCUT2D eigenvalue weighted by molar-refractivity contribution is -0.113. The van der Waals surface area contributed by atoms with Crippen LogP contribution in [0.2, 0.25) is 0 Å². The van der Waals surface area contributed by atoms with E-state index in [1.807, 2.05) is 37.3 Å². The first-order valence-corrected chi connectivity index (χ1v) is 10.7. The summed E-state index contributed by atoms with van der Waals surface area (Å²) in [5, 5.41) is 4.05. The summed E-state index contributed by atoms with van der Waals surface area (Å²) >= 11 is 1.18. The maximum absolute atomic E-state index is 12.8. The molecule has 0 spiro atoms. The number of anilines is 1. The number of pyridine rings is 1. The largest absolute Gasteiger partial charge is 0.341 e. The van der Waals surface area contributed by atoms with E-state index in [2.05, 4.69) is 10.3 Å². The van der Waals surface area contributed by atoms with Crippen molar-refractivity contribution in [2.75, 3.05) is 11.1 Å². The Labute approximate surface area is 165 Å². The fourth-order valence-electron chi connectivity index (χ4n) is 2.63. The zero-order chi connectivity index (χ0) is 20.3. The number of carbonyl (C=O) groups is 1. The van der Waals surface area contributed by atoms with E-state index in [9.17, 15) is 22.0 Å². The van der Waals surface area contributed by atoms with Crippen molar-refractivity contribution in [1.29, 1.82) is 0 Å². The maximum Gasteiger partial charge on any atom is 0.341 e. The second-order valence-electron chi connectivity index (χ2n) is 5.93. The fraction of sp³-hybridized carbons (Fsp3) is 0.158. The number of fused-ring (bicyclic) bond motifs is 1. The standard InChI is InChI=1S/C19H16F2N2O3S2/c1-12-10-18(23-14-7-3-2-6-13(12)14)27-11-17(24)22-15-8-4-5-9-16(15)28(25,26)19(20)21/h2-10,19H,11H2,1H3,(H,22,24). The van der Waals surface area contributed by atoms with Gasteiger partial charge in [-0.25, -0.2) is 13.4 Å². The van der Waals surface area contributed by atoms with Crippen molar-refractivity contribution < 1.29 is 22.0 Å². The van der Waals surface area contributed by atoms with Crippen molar-refractivity contribution in [1.82, 2.24) is 4.98 Å². The number of aromatic nitrogens is 1. The minimum absolute atomic E-state index is 0.0478. The molecule has 1 aromatic heterocycles. The van der Waals surface area contributed by atoms with Crippen LogP contribution in [-0.2, 0) is 14.6 Å². The molecule has 0 aliphatic carbocycles. The summed E-state index contributed by atoms with van der Waals surface area (Å²) in [5.41, 5.74) is 1.65. The quantitative estimate of drug-likeness (QED) is 0.601. The number of nitrogens with one attached hydrogen (secondary N) is 1. The number of halogens is 2. The van der Waals surface area contributed by atoms with Crippen LogP contribution in [0.15, 0.2) is 64.5 Å². The molecule has 1 N–H and O–H groups in total. The number of benzene rings is 2. The molecule has 0 atom stereocenters. The Morgan fingerprint density at radius 2 is 1.82 bits per heavy atom. The molecule has 9 heteroatoms. The van der Waals surface area contributed by atoms with Crippen LogP contribution in [0.4, 0.5) is 14.5 Å². The Hall–Kier alpha value is -2.52. The van der Waals surface area contributed by atoms with Gasteiger partial charge in [0.15, 0.2) is 0 Å². The third kappa shape index (κ3) is 4.31. The highest BCUT2D eigenvalue weighted by Crippen LogP contribution is 2.27. The van der Waals surface area contributed by atoms with Crippen LogP contribution in [0.1, 0.15) is 5.56 Å². The molecule has 28 heavy (non-hydrogen) atoms. The van der Waals surface area contributed by atoms with E-state index in [-0.39, 0.29) is 11.4 Å². The third-order valence-electron chi connectivity index (χ3n) is 3.95. The van der Waals surface area contributed by atoms with Gasteiger partial charge in [-0.3, -0.25) is 4.79 Å². The average molecular weight is 422 g/mol. The highest BCUT2D eigenvalue weighted by Gasteiger charge is 2.29. The molecular weight excluding hydrogens is 406 g/mol. The first kappa shape index (κ1) is 20.2. The van der Waals surface area contributed by atoms with Crippen molar-refractivity contribution in [2.45, 2.75) is 22.6 Å². The first-order valence-electron chi connectivity index (χ1n) is 8.19. The van der Waals surface area contributed by atoms with E-state index in [1.165, 1.54) is 30.0 Å². The number of alkyl halides is 2. The first-order chi connectivity index (χ1) is 13.3. The molecule has 146 valence electrons. The van der Waals surface area contributed by atoms with Crippen molar-refractivity contribution in [2.24, 2.45) is 0 Å². The van der Waals surface area contributed by atoms with Gasteiger partial charge in [-0.15, -0.1) is 0 Å². The van der Waals surface area contributed by atoms with Gasteiger partial charge in [0.05, 0.1) is 26.9 Å². The Kier molecular flexibility index (Phi) is 5.95. The van der Waals surface area contributed by atoms with Crippen LogP contribution in [0.3, 0.4) is 0 Å². The van der Waals surface area contributed by atoms with Crippen LogP contribution < -0.4 is 5.32 Å². The second kappa shape index (κ2) is 8.24. The topological polar surface area (TPSA) is 76.1 Å². The second-order valence-corrected chi connectivity index (χ2v) is 8.82. The molecule has 5 nitrogen and oxygen atoms in total. The molecule has 2 aromatic carbocycles. The van der Waals surface area contributed by atoms with Gasteiger partial charge >= 0.3 is 5.76 Å². The SMILES string of the molecule is Cc1cc(SCC(=O)Nc2ccccc2S(=O)(=O)C(F)F)nc2ccccc12. The van der Waals surface area contributed by atoms with Gasteiger partial charge < -0.3 is 5.32 Å². The van der Waals surface area contributed by atoms with Crippen LogP contribution >= 0.6 is 11.8 Å². The van der Waals surface area contributed by atoms with Crippen molar-refractivity contribution >= 4 is 44.1 Å². The molecule has 0 radical (unpaired) electrons. The minimum Gasteiger partial charge on any atom is -0.324 e. The van der Waals surface area contributed by atoms with Gasteiger partial charge in [0.2, 0.25) is 15.7 Å². The molecule has 1 amide bonds. The fourth-order valence-corrected chi connectivity index (χ4v) is 4.29. The predicted molar refractivity (Wildman–Crippen MR) is 105 cm³/mol. The molecule has 0 aliphatic rings. The molecule has 0 saturated carbocycles. The van der Waals surface area contributed by atoms with Gasteiger partial charge in [-0.05, 0) is 36.8 Å². The Morgan fingerprint density at radius 1 is 1.14 bits per heavy atom. The molecule has 0 unspecified atom stereocenters. The van der Waals surface area contributed by atoms with E-state index in [0.717, 1.165) is 22.5 Å². The zero-order valence-electron chi connectivity index (χ0n) is 14.7. The minimum atomic E-state index is -4.82. The molecule has 1 heterocycles. The summed E-state index contributed by atoms with van der Waals surface area (Å²) in [6, 6.07) is 14.6. The van der Waals surface area contributed by atoms with Crippen LogP contribution in [0, 0.1) is 6.92 Å². The summed E-state index contributed by atoms with van der Waals surface area (Å²) in [5.74, 6) is -4.13. The van der Waals surface area contributed by atoms with Gasteiger partial charge in [0.25, 0.3) is 0 Å². The van der Waals surface area contributed by atoms with Crippen molar-refractivity contribution in [3.63, 3.8) is 0 Å². The number of carbonyl (C=O) groups excluding carboxylic acids is 1. The molecule has 0 aliphatic heterocycles. The van der Waals surface area contributed by atoms with E-state index in [1.54, 1.807) is 0 Å². The number of sulfone groups is 1. The Morgan fingerprint density at radius 3 is 2.57 bits per heavy atom. The third-order valence-corrected chi connectivity index (χ3v) is 6.30. The van der Waals surface area contributed by atoms with E-state index in [4.69, 9.17) is 0 Å². The molecule has 0 saturated heterocycles. The molecule has 3 aromatic rings. The maximum atomic E-state index is 12.8. The van der Waals surface area contributed by atoms with Gasteiger partial charge in [-0.1, -0.05) is 42.1 Å².